The van der Waals surface area contributed by atoms with Crippen molar-refractivity contribution >= 4 is 5.78 Å². The van der Waals surface area contributed by atoms with Crippen LogP contribution in [0.5, 0.6) is 0 Å². The smallest absolute Gasteiger partial charge is 0.166 e. The largest absolute Gasteiger partial charge is 0.294 e. The van der Waals surface area contributed by atoms with Crippen molar-refractivity contribution in [2.24, 2.45) is 5.92 Å². The van der Waals surface area contributed by atoms with Gasteiger partial charge in [-0.25, -0.2) is 0 Å². The van der Waals surface area contributed by atoms with E-state index in [4.69, 9.17) is 0 Å². The van der Waals surface area contributed by atoms with E-state index in [1.165, 1.54) is 17.5 Å². The van der Waals surface area contributed by atoms with E-state index in [0.717, 1.165) is 31.2 Å². The second-order valence-electron chi connectivity index (χ2n) is 5.65. The minimum Gasteiger partial charge on any atom is -0.294 e. The second-order valence-corrected chi connectivity index (χ2v) is 5.65. The first-order chi connectivity index (χ1) is 9.84. The van der Waals surface area contributed by atoms with E-state index >= 15 is 0 Å². The summed E-state index contributed by atoms with van der Waals surface area (Å²) in [6, 6.07) is 18.7. The molecule has 1 atom stereocenters. The first kappa shape index (κ1) is 13.1. The third-order valence-corrected chi connectivity index (χ3v) is 4.23. The van der Waals surface area contributed by atoms with Crippen molar-refractivity contribution < 1.29 is 4.79 Å². The predicted molar refractivity (Wildman–Crippen MR) is 82.0 cm³/mol. The molecular weight excluding hydrogens is 244 g/mol. The Morgan fingerprint density at radius 3 is 2.45 bits per heavy atom. The van der Waals surface area contributed by atoms with Gasteiger partial charge in [0.25, 0.3) is 0 Å². The van der Waals surface area contributed by atoms with Crippen LogP contribution in [0.15, 0.2) is 54.6 Å². The van der Waals surface area contributed by atoms with Gasteiger partial charge in [0, 0.05) is 11.5 Å². The molecule has 0 amide bonds. The highest BCUT2D eigenvalue weighted by atomic mass is 16.1. The number of benzene rings is 2. The lowest BCUT2D eigenvalue weighted by molar-refractivity contribution is 0.0929. The highest BCUT2D eigenvalue weighted by molar-refractivity contribution is 6.02. The SMILES string of the molecule is O=C1c2ccccc2CC1CCCCc1ccccc1. The number of carbonyl (C=O) groups excluding carboxylic acids is 1. The molecular formula is C19H20O. The van der Waals surface area contributed by atoms with E-state index in [1.807, 2.05) is 18.2 Å². The number of carbonyl (C=O) groups is 1. The molecule has 0 heterocycles. The predicted octanol–water partition coefficient (Wildman–Crippen LogP) is 4.45. The van der Waals surface area contributed by atoms with Crippen LogP contribution < -0.4 is 0 Å². The zero-order valence-corrected chi connectivity index (χ0v) is 11.7. The molecule has 0 saturated carbocycles. The number of aryl methyl sites for hydroxylation is 1. The standard InChI is InChI=1S/C19H20O/c20-19-17(14-16-11-6-7-13-18(16)19)12-5-4-10-15-8-2-1-3-9-15/h1-3,6-9,11,13,17H,4-5,10,12,14H2. The molecule has 2 aromatic carbocycles. The van der Waals surface area contributed by atoms with Crippen LogP contribution in [0.25, 0.3) is 0 Å². The summed E-state index contributed by atoms with van der Waals surface area (Å²) in [5.74, 6) is 0.587. The van der Waals surface area contributed by atoms with Crippen LogP contribution in [-0.2, 0) is 12.8 Å². The van der Waals surface area contributed by atoms with Gasteiger partial charge in [-0.1, -0.05) is 61.0 Å². The van der Waals surface area contributed by atoms with Crippen LogP contribution in [-0.4, -0.2) is 5.78 Å². The minimum atomic E-state index is 0.225. The molecule has 0 radical (unpaired) electrons. The minimum absolute atomic E-state index is 0.225. The van der Waals surface area contributed by atoms with Gasteiger partial charge in [-0.15, -0.1) is 0 Å². The zero-order valence-electron chi connectivity index (χ0n) is 11.7. The van der Waals surface area contributed by atoms with Crippen molar-refractivity contribution in [2.75, 3.05) is 0 Å². The zero-order chi connectivity index (χ0) is 13.8. The van der Waals surface area contributed by atoms with Gasteiger partial charge in [0.1, 0.15) is 0 Å². The van der Waals surface area contributed by atoms with Crippen LogP contribution >= 0.6 is 0 Å². The Bertz CT molecular complexity index is 586. The number of unbranched alkanes of at least 4 members (excludes halogenated alkanes) is 1. The molecule has 1 unspecified atom stereocenters. The maximum atomic E-state index is 12.3. The van der Waals surface area contributed by atoms with Crippen molar-refractivity contribution in [1.29, 1.82) is 0 Å². The lowest BCUT2D eigenvalue weighted by atomic mass is 9.96. The van der Waals surface area contributed by atoms with Gasteiger partial charge in [-0.05, 0) is 36.8 Å². The molecule has 0 aromatic heterocycles. The third-order valence-electron chi connectivity index (χ3n) is 4.23. The first-order valence-electron chi connectivity index (χ1n) is 7.50. The van der Waals surface area contributed by atoms with E-state index in [9.17, 15) is 4.79 Å². The Morgan fingerprint density at radius 2 is 1.65 bits per heavy atom. The van der Waals surface area contributed by atoms with Gasteiger partial charge in [-0.2, -0.15) is 0 Å². The molecule has 1 heteroatoms. The Hall–Kier alpha value is -1.89. The second kappa shape index (κ2) is 6.04. The number of rotatable bonds is 5. The van der Waals surface area contributed by atoms with E-state index in [0.29, 0.717) is 5.78 Å². The molecule has 0 N–H and O–H groups in total. The molecule has 3 rings (SSSR count). The van der Waals surface area contributed by atoms with Gasteiger partial charge in [0.15, 0.2) is 5.78 Å². The summed E-state index contributed by atoms with van der Waals surface area (Å²) in [4.78, 5) is 12.3. The van der Waals surface area contributed by atoms with Crippen molar-refractivity contribution in [1.82, 2.24) is 0 Å². The third kappa shape index (κ3) is 2.82. The molecule has 20 heavy (non-hydrogen) atoms. The monoisotopic (exact) mass is 264 g/mol. The van der Waals surface area contributed by atoms with Crippen LogP contribution in [0.3, 0.4) is 0 Å². The molecule has 0 spiro atoms. The number of ketones is 1. The fourth-order valence-electron chi connectivity index (χ4n) is 3.11. The number of hydrogen-bond donors (Lipinski definition) is 0. The van der Waals surface area contributed by atoms with E-state index < -0.39 is 0 Å². The molecule has 1 aliphatic rings. The summed E-state index contributed by atoms with van der Waals surface area (Å²) in [7, 11) is 0. The fourth-order valence-corrected chi connectivity index (χ4v) is 3.11. The van der Waals surface area contributed by atoms with Gasteiger partial charge in [0.05, 0.1) is 0 Å². The first-order valence-corrected chi connectivity index (χ1v) is 7.50. The molecule has 0 saturated heterocycles. The summed E-state index contributed by atoms with van der Waals surface area (Å²) >= 11 is 0. The van der Waals surface area contributed by atoms with Crippen LogP contribution in [0.1, 0.15) is 40.7 Å². The normalized spacial score (nSPS) is 17.2. The lowest BCUT2D eigenvalue weighted by Gasteiger charge is -2.07. The van der Waals surface area contributed by atoms with E-state index in [-0.39, 0.29) is 5.92 Å². The molecule has 2 aromatic rings. The Morgan fingerprint density at radius 1 is 0.900 bits per heavy atom. The van der Waals surface area contributed by atoms with E-state index in [2.05, 4.69) is 36.4 Å². The molecule has 102 valence electrons. The van der Waals surface area contributed by atoms with Crippen molar-refractivity contribution in [3.63, 3.8) is 0 Å². The summed E-state index contributed by atoms with van der Waals surface area (Å²) in [5.41, 5.74) is 3.60. The summed E-state index contributed by atoms with van der Waals surface area (Å²) in [6.45, 7) is 0. The molecule has 0 aliphatic heterocycles. The highest BCUT2D eigenvalue weighted by Gasteiger charge is 2.29. The van der Waals surface area contributed by atoms with Crippen LogP contribution in [0.4, 0.5) is 0 Å². The summed E-state index contributed by atoms with van der Waals surface area (Å²) in [6.07, 6.45) is 5.40. The number of hydrogen-bond acceptors (Lipinski definition) is 1. The Balaban J connectivity index is 1.48. The summed E-state index contributed by atoms with van der Waals surface area (Å²) < 4.78 is 0. The van der Waals surface area contributed by atoms with Crippen LogP contribution in [0.2, 0.25) is 0 Å². The van der Waals surface area contributed by atoms with Gasteiger partial charge in [0.2, 0.25) is 0 Å². The molecule has 1 nitrogen and oxygen atoms in total. The molecule has 1 aliphatic carbocycles. The Labute approximate surface area is 120 Å². The Kier molecular flexibility index (Phi) is 3.96. The van der Waals surface area contributed by atoms with Gasteiger partial charge < -0.3 is 0 Å². The molecule has 0 fully saturated rings. The van der Waals surface area contributed by atoms with Crippen molar-refractivity contribution in [2.45, 2.75) is 32.1 Å². The van der Waals surface area contributed by atoms with Gasteiger partial charge in [-0.3, -0.25) is 4.79 Å². The topological polar surface area (TPSA) is 17.1 Å². The molecule has 0 bridgehead atoms. The van der Waals surface area contributed by atoms with Crippen LogP contribution in [0, 0.1) is 5.92 Å². The van der Waals surface area contributed by atoms with Crippen molar-refractivity contribution in [3.8, 4) is 0 Å². The lowest BCUT2D eigenvalue weighted by Crippen LogP contribution is -2.08. The maximum Gasteiger partial charge on any atom is 0.166 e. The van der Waals surface area contributed by atoms with E-state index in [1.54, 1.807) is 0 Å². The maximum absolute atomic E-state index is 12.3. The average molecular weight is 264 g/mol. The quantitative estimate of drug-likeness (QED) is 0.729. The van der Waals surface area contributed by atoms with Crippen molar-refractivity contribution in [3.05, 3.63) is 71.3 Å². The number of fused-ring (bicyclic) bond motifs is 1. The number of Topliss-reactive ketones (excluding diaryl/α,β-unsaturated/α-hetero) is 1. The fraction of sp³-hybridized carbons (Fsp3) is 0.316. The highest BCUT2D eigenvalue weighted by Crippen LogP contribution is 2.29. The average Bonchev–Trinajstić information content (AvgIpc) is 2.82. The summed E-state index contributed by atoms with van der Waals surface area (Å²) in [5, 5.41) is 0. The van der Waals surface area contributed by atoms with Gasteiger partial charge >= 0.3 is 0 Å².